The second-order valence-corrected chi connectivity index (χ2v) is 7.70. The van der Waals surface area contributed by atoms with Gasteiger partial charge in [0.1, 0.15) is 6.04 Å². The second kappa shape index (κ2) is 8.10. The number of urea groups is 2. The van der Waals surface area contributed by atoms with Crippen LogP contribution in [0.4, 0.5) is 21.0 Å². The van der Waals surface area contributed by atoms with Crippen molar-refractivity contribution in [3.05, 3.63) is 24.3 Å². The zero-order valence-electron chi connectivity index (χ0n) is 15.2. The first-order valence-electron chi connectivity index (χ1n) is 8.70. The molecule has 13 nitrogen and oxygen atoms in total. The van der Waals surface area contributed by atoms with Crippen LogP contribution in [0.2, 0.25) is 0 Å². The van der Waals surface area contributed by atoms with Crippen LogP contribution in [0.15, 0.2) is 24.3 Å². The third-order valence-corrected chi connectivity index (χ3v) is 5.48. The Kier molecular flexibility index (Phi) is 5.76. The van der Waals surface area contributed by atoms with Crippen molar-refractivity contribution in [2.75, 3.05) is 30.4 Å². The van der Waals surface area contributed by atoms with Crippen LogP contribution in [0.1, 0.15) is 6.42 Å². The molecule has 29 heavy (non-hydrogen) atoms. The first-order valence-corrected chi connectivity index (χ1v) is 10.1. The van der Waals surface area contributed by atoms with Crippen LogP contribution in [0, 0.1) is 0 Å². The molecule has 0 spiro atoms. The van der Waals surface area contributed by atoms with Crippen LogP contribution >= 0.6 is 0 Å². The van der Waals surface area contributed by atoms with Gasteiger partial charge in [-0.15, -0.1) is 0 Å². The summed E-state index contributed by atoms with van der Waals surface area (Å²) in [4.78, 5) is 37.0. The minimum absolute atomic E-state index is 0.168. The number of hydrogen-bond donors (Lipinski definition) is 6. The number of nitrogens with two attached hydrogens (primary N) is 1. The number of fused-ring (bicyclic) bond motifs is 1. The maximum absolute atomic E-state index is 12.3. The number of carbonyl (C=O) groups is 3. The number of rotatable bonds is 6. The fraction of sp³-hybridized carbons (Fsp3) is 0.400. The molecular formula is C15H21N7O6S. The van der Waals surface area contributed by atoms with Crippen molar-refractivity contribution in [3.8, 4) is 0 Å². The molecule has 0 radical (unpaired) electrons. The van der Waals surface area contributed by atoms with Gasteiger partial charge in [0.25, 0.3) is 5.91 Å². The normalized spacial score (nSPS) is 20.6. The maximum Gasteiger partial charge on any atom is 0.362 e. The summed E-state index contributed by atoms with van der Waals surface area (Å²) in [5, 5.41) is 5.17. The Hall–Kier alpha value is -3.10. The zero-order chi connectivity index (χ0) is 21.2. The zero-order valence-corrected chi connectivity index (χ0v) is 16.0. The topological polar surface area (TPSA) is 186 Å². The third-order valence-electron chi connectivity index (χ3n) is 4.53. The fourth-order valence-electron chi connectivity index (χ4n) is 3.24. The van der Waals surface area contributed by atoms with Crippen molar-refractivity contribution >= 4 is 39.6 Å². The number of benzene rings is 1. The van der Waals surface area contributed by atoms with Crippen LogP contribution in [0.5, 0.6) is 0 Å². The van der Waals surface area contributed by atoms with Crippen molar-refractivity contribution < 1.29 is 27.4 Å². The Morgan fingerprint density at radius 3 is 2.48 bits per heavy atom. The monoisotopic (exact) mass is 427 g/mol. The summed E-state index contributed by atoms with van der Waals surface area (Å²) in [6, 6.07) is 3.78. The lowest BCUT2D eigenvalue weighted by Gasteiger charge is -2.42. The van der Waals surface area contributed by atoms with Gasteiger partial charge in [0.2, 0.25) is 0 Å². The number of amides is 5. The van der Waals surface area contributed by atoms with E-state index in [4.69, 9.17) is 10.3 Å². The highest BCUT2D eigenvalue weighted by Crippen LogP contribution is 2.35. The number of β-lactam (4-membered cyclic amide) rings is 1. The minimum Gasteiger partial charge on any atom is -0.337 e. The Bertz CT molecular complexity index is 906. The van der Waals surface area contributed by atoms with E-state index < -0.39 is 40.4 Å². The van der Waals surface area contributed by atoms with Gasteiger partial charge < -0.3 is 21.3 Å². The van der Waals surface area contributed by atoms with E-state index in [0.717, 1.165) is 0 Å². The number of nitrogens with zero attached hydrogens (tertiary/aromatic N) is 2. The van der Waals surface area contributed by atoms with Gasteiger partial charge in [-0.1, -0.05) is 0 Å². The van der Waals surface area contributed by atoms with E-state index in [1.54, 1.807) is 24.3 Å². The van der Waals surface area contributed by atoms with E-state index in [1.807, 2.05) is 0 Å². The van der Waals surface area contributed by atoms with Gasteiger partial charge >= 0.3 is 22.4 Å². The molecule has 1 aromatic carbocycles. The Morgan fingerprint density at radius 2 is 1.86 bits per heavy atom. The Balaban J connectivity index is 1.50. The number of likely N-dealkylation sites (tertiary alicyclic amines) is 1. The number of hydrogen-bond acceptors (Lipinski definition) is 7. The molecule has 2 atom stereocenters. The standard InChI is InChI=1S/C15H21N7O6S/c16-6-7-17-14(24)18-9-1-3-10(4-2-9)19-20-15(25)21-8-5-11-12(21)13(23)22(11)29(26,27)28/h1-4,11-12,19H,5-8,16H2,(H,20,25)(H2,17,18,24)(H,26,27,28)/t11-,12+/m1/s1. The SMILES string of the molecule is NCCNC(=O)Nc1ccc(NNC(=O)N2CC[C@@H]3[C@H]2C(=O)N3S(=O)(=O)O)cc1. The van der Waals surface area contributed by atoms with Gasteiger partial charge in [-0.2, -0.15) is 8.42 Å². The highest BCUT2D eigenvalue weighted by Gasteiger charge is 2.60. The molecule has 158 valence electrons. The molecule has 2 aliphatic rings. The van der Waals surface area contributed by atoms with Gasteiger partial charge in [-0.25, -0.2) is 13.9 Å². The third kappa shape index (κ3) is 4.33. The molecule has 0 bridgehead atoms. The molecule has 0 unspecified atom stereocenters. The van der Waals surface area contributed by atoms with Crippen molar-refractivity contribution in [1.29, 1.82) is 0 Å². The largest absolute Gasteiger partial charge is 0.362 e. The maximum atomic E-state index is 12.3. The molecule has 7 N–H and O–H groups in total. The molecule has 0 saturated carbocycles. The van der Waals surface area contributed by atoms with Crippen LogP contribution < -0.4 is 27.2 Å². The second-order valence-electron chi connectivity index (χ2n) is 6.41. The van der Waals surface area contributed by atoms with E-state index in [0.29, 0.717) is 28.8 Å². The lowest BCUT2D eigenvalue weighted by atomic mass is 10.0. The summed E-state index contributed by atoms with van der Waals surface area (Å²) in [6.45, 7) is 0.843. The lowest BCUT2D eigenvalue weighted by Crippen LogP contribution is -2.69. The average Bonchev–Trinajstić information content (AvgIpc) is 3.03. The molecule has 5 amide bonds. The number of anilines is 2. The van der Waals surface area contributed by atoms with E-state index in [-0.39, 0.29) is 13.0 Å². The minimum atomic E-state index is -4.62. The van der Waals surface area contributed by atoms with Crippen LogP contribution in [0.3, 0.4) is 0 Å². The van der Waals surface area contributed by atoms with Crippen molar-refractivity contribution in [1.82, 2.24) is 19.9 Å². The van der Waals surface area contributed by atoms with Gasteiger partial charge in [0, 0.05) is 25.3 Å². The lowest BCUT2D eigenvalue weighted by molar-refractivity contribution is -0.143. The van der Waals surface area contributed by atoms with Crippen molar-refractivity contribution in [2.24, 2.45) is 5.73 Å². The molecule has 2 heterocycles. The predicted molar refractivity (Wildman–Crippen MR) is 102 cm³/mol. The van der Waals surface area contributed by atoms with E-state index >= 15 is 0 Å². The molecule has 0 aliphatic carbocycles. The van der Waals surface area contributed by atoms with Crippen LogP contribution in [0.25, 0.3) is 0 Å². The number of nitrogens with one attached hydrogen (secondary N) is 4. The Morgan fingerprint density at radius 1 is 1.21 bits per heavy atom. The smallest absolute Gasteiger partial charge is 0.337 e. The first-order chi connectivity index (χ1) is 13.7. The van der Waals surface area contributed by atoms with Crippen molar-refractivity contribution in [2.45, 2.75) is 18.5 Å². The molecular weight excluding hydrogens is 406 g/mol. The van der Waals surface area contributed by atoms with Gasteiger partial charge in [0.05, 0.1) is 11.7 Å². The van der Waals surface area contributed by atoms with Gasteiger partial charge in [0.15, 0.2) is 0 Å². The Labute approximate surface area is 166 Å². The van der Waals surface area contributed by atoms with Crippen LogP contribution in [-0.2, 0) is 15.1 Å². The highest BCUT2D eigenvalue weighted by atomic mass is 32.2. The molecule has 0 aromatic heterocycles. The molecule has 2 aliphatic heterocycles. The quantitative estimate of drug-likeness (QED) is 0.187. The molecule has 3 rings (SSSR count). The first kappa shape index (κ1) is 20.6. The molecule has 1 aromatic rings. The van der Waals surface area contributed by atoms with E-state index in [9.17, 15) is 22.8 Å². The molecule has 14 heteroatoms. The summed E-state index contributed by atoms with van der Waals surface area (Å²) in [5.41, 5.74) is 11.4. The summed E-state index contributed by atoms with van der Waals surface area (Å²) < 4.78 is 31.8. The summed E-state index contributed by atoms with van der Waals surface area (Å²) in [7, 11) is -4.62. The fourth-order valence-corrected chi connectivity index (χ4v) is 4.14. The van der Waals surface area contributed by atoms with E-state index in [2.05, 4.69) is 21.5 Å². The van der Waals surface area contributed by atoms with Gasteiger partial charge in [-0.05, 0) is 30.7 Å². The summed E-state index contributed by atoms with van der Waals surface area (Å²) >= 11 is 0. The summed E-state index contributed by atoms with van der Waals surface area (Å²) in [6.07, 6.45) is 0.246. The number of hydrazine groups is 1. The highest BCUT2D eigenvalue weighted by molar-refractivity contribution is 7.84. The average molecular weight is 427 g/mol. The van der Waals surface area contributed by atoms with Crippen LogP contribution in [-0.4, -0.2) is 71.9 Å². The predicted octanol–water partition coefficient (Wildman–Crippen LogP) is -1.11. The van der Waals surface area contributed by atoms with Crippen molar-refractivity contribution in [3.63, 3.8) is 0 Å². The molecule has 2 saturated heterocycles. The molecule has 2 fully saturated rings. The van der Waals surface area contributed by atoms with Gasteiger partial charge in [-0.3, -0.25) is 20.2 Å². The summed E-state index contributed by atoms with van der Waals surface area (Å²) in [5.74, 6) is -0.839. The number of carbonyl (C=O) groups excluding carboxylic acids is 3. The van der Waals surface area contributed by atoms with E-state index in [1.165, 1.54) is 4.90 Å².